The van der Waals surface area contributed by atoms with Gasteiger partial charge in [0.15, 0.2) is 5.58 Å². The van der Waals surface area contributed by atoms with Gasteiger partial charge in [-0.25, -0.2) is 0 Å². The molecule has 0 N–H and O–H groups in total. The van der Waals surface area contributed by atoms with Crippen LogP contribution in [0.5, 0.6) is 0 Å². The summed E-state index contributed by atoms with van der Waals surface area (Å²) in [4.78, 5) is 35.0. The van der Waals surface area contributed by atoms with E-state index in [1.807, 2.05) is 29.2 Å². The first-order chi connectivity index (χ1) is 13.2. The molecule has 0 saturated carbocycles. The van der Waals surface area contributed by atoms with Crippen molar-refractivity contribution < 1.29 is 18.7 Å². The molecule has 8 nitrogen and oxygen atoms in total. The third-order valence-corrected chi connectivity index (χ3v) is 5.27. The van der Waals surface area contributed by atoms with Crippen molar-refractivity contribution >= 4 is 28.9 Å². The minimum absolute atomic E-state index is 0.0375. The number of hydrogen-bond acceptors (Lipinski definition) is 6. The molecule has 0 spiro atoms. The third-order valence-electron chi connectivity index (χ3n) is 5.27. The Kier molecular flexibility index (Phi) is 4.98. The summed E-state index contributed by atoms with van der Waals surface area (Å²) in [5.74, 6) is -0.138. The first-order valence-corrected chi connectivity index (χ1v) is 9.31. The van der Waals surface area contributed by atoms with Crippen molar-refractivity contribution in [3.05, 3.63) is 24.3 Å². The lowest BCUT2D eigenvalue weighted by Gasteiger charge is -2.35. The molecule has 2 aliphatic heterocycles. The molecule has 1 aromatic heterocycles. The number of amides is 2. The van der Waals surface area contributed by atoms with E-state index in [2.05, 4.69) is 9.88 Å². The number of methoxy groups -OCH3 is 1. The predicted molar refractivity (Wildman–Crippen MR) is 99.4 cm³/mol. The van der Waals surface area contributed by atoms with Crippen molar-refractivity contribution in [3.63, 3.8) is 0 Å². The Hall–Kier alpha value is -2.61. The summed E-state index contributed by atoms with van der Waals surface area (Å²) in [6, 6.07) is 8.29. The van der Waals surface area contributed by atoms with Gasteiger partial charge in [0.25, 0.3) is 6.01 Å². The van der Waals surface area contributed by atoms with E-state index in [4.69, 9.17) is 9.15 Å². The maximum Gasteiger partial charge on any atom is 0.298 e. The number of likely N-dealkylation sites (tertiary alicyclic amines) is 1. The zero-order valence-corrected chi connectivity index (χ0v) is 15.5. The first-order valence-electron chi connectivity index (χ1n) is 9.31. The van der Waals surface area contributed by atoms with E-state index in [0.29, 0.717) is 58.3 Å². The standard InChI is InChI=1S/C19H24N4O4/c1-26-11-10-23-13-14(12-17(23)24)18(25)21-6-8-22(9-7-21)19-20-15-4-2-3-5-16(15)27-19/h2-5,14H,6-13H2,1H3. The van der Waals surface area contributed by atoms with E-state index in [1.165, 1.54) is 0 Å². The van der Waals surface area contributed by atoms with E-state index in [9.17, 15) is 9.59 Å². The zero-order chi connectivity index (χ0) is 18.8. The van der Waals surface area contributed by atoms with Crippen molar-refractivity contribution in [1.29, 1.82) is 0 Å². The summed E-state index contributed by atoms with van der Waals surface area (Å²) >= 11 is 0. The fourth-order valence-electron chi connectivity index (χ4n) is 3.73. The highest BCUT2D eigenvalue weighted by molar-refractivity contribution is 5.89. The molecule has 3 heterocycles. The summed E-state index contributed by atoms with van der Waals surface area (Å²) in [6.07, 6.45) is 0.299. The van der Waals surface area contributed by atoms with Gasteiger partial charge in [-0.3, -0.25) is 9.59 Å². The zero-order valence-electron chi connectivity index (χ0n) is 15.5. The molecule has 27 heavy (non-hydrogen) atoms. The van der Waals surface area contributed by atoms with Gasteiger partial charge in [-0.1, -0.05) is 12.1 Å². The second-order valence-corrected chi connectivity index (χ2v) is 7.01. The second kappa shape index (κ2) is 7.56. The number of oxazole rings is 1. The average Bonchev–Trinajstić information content (AvgIpc) is 3.29. The first kappa shape index (κ1) is 17.8. The molecular weight excluding hydrogens is 348 g/mol. The molecule has 2 aromatic rings. The maximum atomic E-state index is 12.8. The molecule has 1 atom stereocenters. The number of aromatic nitrogens is 1. The molecule has 1 aromatic carbocycles. The molecule has 4 rings (SSSR count). The normalized spacial score (nSPS) is 20.7. The smallest absolute Gasteiger partial charge is 0.298 e. The van der Waals surface area contributed by atoms with Gasteiger partial charge in [0, 0.05) is 52.8 Å². The number of fused-ring (bicyclic) bond motifs is 1. The van der Waals surface area contributed by atoms with E-state index >= 15 is 0 Å². The number of para-hydroxylation sites is 2. The highest BCUT2D eigenvalue weighted by Gasteiger charge is 2.37. The molecule has 0 radical (unpaired) electrons. The number of nitrogens with zero attached hydrogens (tertiary/aromatic N) is 4. The minimum atomic E-state index is -0.245. The topological polar surface area (TPSA) is 79.1 Å². The monoisotopic (exact) mass is 372 g/mol. The van der Waals surface area contributed by atoms with Crippen LogP contribution in [0.1, 0.15) is 6.42 Å². The van der Waals surface area contributed by atoms with Gasteiger partial charge in [-0.15, -0.1) is 0 Å². The van der Waals surface area contributed by atoms with E-state index in [-0.39, 0.29) is 17.7 Å². The Morgan fingerprint density at radius 1 is 1.26 bits per heavy atom. The average molecular weight is 372 g/mol. The van der Waals surface area contributed by atoms with Crippen LogP contribution in [0.4, 0.5) is 6.01 Å². The van der Waals surface area contributed by atoms with E-state index in [0.717, 1.165) is 11.1 Å². The highest BCUT2D eigenvalue weighted by atomic mass is 16.5. The second-order valence-electron chi connectivity index (χ2n) is 7.01. The summed E-state index contributed by atoms with van der Waals surface area (Å²) in [7, 11) is 1.61. The summed E-state index contributed by atoms with van der Waals surface area (Å²) < 4.78 is 10.8. The van der Waals surface area contributed by atoms with Crippen LogP contribution >= 0.6 is 0 Å². The molecule has 2 saturated heterocycles. The molecule has 0 bridgehead atoms. The number of ether oxygens (including phenoxy) is 1. The molecule has 2 fully saturated rings. The Labute approximate surface area is 157 Å². The van der Waals surface area contributed by atoms with Crippen molar-refractivity contribution in [2.24, 2.45) is 5.92 Å². The van der Waals surface area contributed by atoms with Crippen LogP contribution in [-0.2, 0) is 14.3 Å². The van der Waals surface area contributed by atoms with E-state index < -0.39 is 0 Å². The quantitative estimate of drug-likeness (QED) is 0.778. The Morgan fingerprint density at radius 2 is 2.04 bits per heavy atom. The van der Waals surface area contributed by atoms with Crippen molar-refractivity contribution in [2.45, 2.75) is 6.42 Å². The summed E-state index contributed by atoms with van der Waals surface area (Å²) in [5.41, 5.74) is 1.61. The SMILES string of the molecule is COCCN1CC(C(=O)N2CCN(c3nc4ccccc4o3)CC2)CC1=O. The largest absolute Gasteiger partial charge is 0.423 e. The number of piperazine rings is 1. The minimum Gasteiger partial charge on any atom is -0.423 e. The van der Waals surface area contributed by atoms with Crippen molar-refractivity contribution in [1.82, 2.24) is 14.8 Å². The Balaban J connectivity index is 1.33. The molecule has 2 aliphatic rings. The highest BCUT2D eigenvalue weighted by Crippen LogP contribution is 2.24. The lowest BCUT2D eigenvalue weighted by atomic mass is 10.1. The maximum absolute atomic E-state index is 12.8. The fraction of sp³-hybridized carbons (Fsp3) is 0.526. The molecule has 8 heteroatoms. The van der Waals surface area contributed by atoms with Crippen LogP contribution in [0, 0.1) is 5.92 Å². The van der Waals surface area contributed by atoms with Crippen LogP contribution in [0.25, 0.3) is 11.1 Å². The molecule has 0 aliphatic carbocycles. The number of hydrogen-bond donors (Lipinski definition) is 0. The molecule has 144 valence electrons. The van der Waals surface area contributed by atoms with Gasteiger partial charge < -0.3 is 23.9 Å². The number of carbonyl (C=O) groups excluding carboxylic acids is 2. The summed E-state index contributed by atoms with van der Waals surface area (Å²) in [5, 5.41) is 0. The Morgan fingerprint density at radius 3 is 2.78 bits per heavy atom. The number of carbonyl (C=O) groups is 2. The van der Waals surface area contributed by atoms with Gasteiger partial charge in [0.2, 0.25) is 11.8 Å². The lowest BCUT2D eigenvalue weighted by molar-refractivity contribution is -0.136. The van der Waals surface area contributed by atoms with Gasteiger partial charge in [-0.05, 0) is 12.1 Å². The summed E-state index contributed by atoms with van der Waals surface area (Å²) in [6.45, 7) is 4.10. The van der Waals surface area contributed by atoms with Crippen LogP contribution < -0.4 is 4.90 Å². The molecule has 2 amide bonds. The van der Waals surface area contributed by atoms with E-state index in [1.54, 1.807) is 12.0 Å². The fourth-order valence-corrected chi connectivity index (χ4v) is 3.73. The number of rotatable bonds is 5. The molecule has 1 unspecified atom stereocenters. The van der Waals surface area contributed by atoms with Crippen LogP contribution in [0.3, 0.4) is 0 Å². The van der Waals surface area contributed by atoms with Gasteiger partial charge in [0.1, 0.15) is 5.52 Å². The van der Waals surface area contributed by atoms with Gasteiger partial charge >= 0.3 is 0 Å². The van der Waals surface area contributed by atoms with Crippen molar-refractivity contribution in [3.8, 4) is 0 Å². The Bertz CT molecular complexity index is 795. The molecular formula is C19H24N4O4. The number of benzene rings is 1. The lowest BCUT2D eigenvalue weighted by Crippen LogP contribution is -2.50. The van der Waals surface area contributed by atoms with Crippen LogP contribution in [0.15, 0.2) is 28.7 Å². The number of anilines is 1. The van der Waals surface area contributed by atoms with Crippen LogP contribution in [0.2, 0.25) is 0 Å². The van der Waals surface area contributed by atoms with Crippen LogP contribution in [-0.4, -0.2) is 79.6 Å². The van der Waals surface area contributed by atoms with Crippen molar-refractivity contribution in [2.75, 3.05) is 57.9 Å². The van der Waals surface area contributed by atoms with Gasteiger partial charge in [-0.2, -0.15) is 4.98 Å². The van der Waals surface area contributed by atoms with Gasteiger partial charge in [0.05, 0.1) is 12.5 Å². The third kappa shape index (κ3) is 3.62. The predicted octanol–water partition coefficient (Wildman–Crippen LogP) is 0.971.